The molecule has 0 amide bonds. The number of hydrogen-bond acceptors (Lipinski definition) is 1. The molecular formula is C26H56BrN. The van der Waals surface area contributed by atoms with Crippen LogP contribution in [0.5, 0.6) is 0 Å². The summed E-state index contributed by atoms with van der Waals surface area (Å²) in [4.78, 5) is 0. The molecule has 0 spiro atoms. The van der Waals surface area contributed by atoms with E-state index in [1.54, 1.807) is 0 Å². The fourth-order valence-corrected chi connectivity index (χ4v) is 4.65. The van der Waals surface area contributed by atoms with Crippen molar-refractivity contribution in [3.8, 4) is 0 Å². The maximum Gasteiger partial charge on any atom is 0.0182 e. The highest BCUT2D eigenvalue weighted by Gasteiger charge is 2.33. The summed E-state index contributed by atoms with van der Waals surface area (Å²) in [5.41, 5.74) is 7.35. The van der Waals surface area contributed by atoms with Crippen molar-refractivity contribution >= 4 is 17.0 Å². The summed E-state index contributed by atoms with van der Waals surface area (Å²) < 4.78 is 0. The van der Waals surface area contributed by atoms with E-state index in [-0.39, 0.29) is 22.5 Å². The highest BCUT2D eigenvalue weighted by molar-refractivity contribution is 8.93. The van der Waals surface area contributed by atoms with Gasteiger partial charge in [-0.1, -0.05) is 130 Å². The van der Waals surface area contributed by atoms with Gasteiger partial charge in [0.2, 0.25) is 0 Å². The van der Waals surface area contributed by atoms with Gasteiger partial charge in [-0.25, -0.2) is 0 Å². The Balaban J connectivity index is 0. The van der Waals surface area contributed by atoms with Gasteiger partial charge in [-0.2, -0.15) is 0 Å². The Morgan fingerprint density at radius 2 is 0.821 bits per heavy atom. The molecule has 0 radical (unpaired) electrons. The van der Waals surface area contributed by atoms with E-state index in [1.807, 2.05) is 0 Å². The molecule has 0 saturated heterocycles. The average molecular weight is 463 g/mol. The standard InChI is InChI=1S/C26H55N.BrH/c1-5-9-13-17-21-25(22-18-14-10-6-2)26(27,23-19-15-11-7-3)24-20-16-12-8-4;/h25H,5-24,27H2,1-4H3;1H. The van der Waals surface area contributed by atoms with Crippen LogP contribution in [0.4, 0.5) is 0 Å². The minimum Gasteiger partial charge on any atom is -0.325 e. The van der Waals surface area contributed by atoms with Crippen LogP contribution in [0.15, 0.2) is 0 Å². The van der Waals surface area contributed by atoms with Crippen molar-refractivity contribution in [2.45, 2.75) is 162 Å². The van der Waals surface area contributed by atoms with Gasteiger partial charge in [0.1, 0.15) is 0 Å². The van der Waals surface area contributed by atoms with E-state index in [9.17, 15) is 0 Å². The minimum atomic E-state index is 0. The zero-order valence-electron chi connectivity index (χ0n) is 20.2. The number of nitrogens with two attached hydrogens (primary N) is 1. The van der Waals surface area contributed by atoms with E-state index in [0.717, 1.165) is 5.92 Å². The lowest BCUT2D eigenvalue weighted by Gasteiger charge is -2.39. The van der Waals surface area contributed by atoms with Crippen LogP contribution in [0, 0.1) is 5.92 Å². The van der Waals surface area contributed by atoms with Gasteiger partial charge in [-0.15, -0.1) is 17.0 Å². The molecule has 0 rings (SSSR count). The lowest BCUT2D eigenvalue weighted by Crippen LogP contribution is -2.47. The van der Waals surface area contributed by atoms with E-state index in [4.69, 9.17) is 5.73 Å². The van der Waals surface area contributed by atoms with E-state index in [2.05, 4.69) is 27.7 Å². The zero-order valence-corrected chi connectivity index (χ0v) is 21.9. The predicted octanol–water partition coefficient (Wildman–Crippen LogP) is 9.76. The molecule has 0 fully saturated rings. The quantitative estimate of drug-likeness (QED) is 0.169. The van der Waals surface area contributed by atoms with Crippen molar-refractivity contribution in [2.75, 3.05) is 0 Å². The molecule has 0 saturated carbocycles. The van der Waals surface area contributed by atoms with Gasteiger partial charge in [0.15, 0.2) is 0 Å². The first-order valence-electron chi connectivity index (χ1n) is 12.9. The van der Waals surface area contributed by atoms with E-state index < -0.39 is 0 Å². The summed E-state index contributed by atoms with van der Waals surface area (Å²) in [6, 6.07) is 0. The Hall–Kier alpha value is 0.440. The Morgan fingerprint density at radius 1 is 0.500 bits per heavy atom. The minimum absolute atomic E-state index is 0. The van der Waals surface area contributed by atoms with Crippen molar-refractivity contribution in [3.05, 3.63) is 0 Å². The SMILES string of the molecule is Br.CCCCCCC(CCCCCC)C(N)(CCCCCC)CCCCCC. The first kappa shape index (κ1) is 30.6. The fraction of sp³-hybridized carbons (Fsp3) is 1.00. The molecule has 0 aliphatic carbocycles. The molecule has 0 aromatic heterocycles. The molecule has 0 aliphatic rings. The van der Waals surface area contributed by atoms with Crippen LogP contribution in [-0.4, -0.2) is 5.54 Å². The van der Waals surface area contributed by atoms with Gasteiger partial charge in [-0.05, 0) is 31.6 Å². The molecule has 1 nitrogen and oxygen atoms in total. The van der Waals surface area contributed by atoms with Crippen molar-refractivity contribution < 1.29 is 0 Å². The first-order valence-corrected chi connectivity index (χ1v) is 12.9. The summed E-state index contributed by atoms with van der Waals surface area (Å²) in [6.07, 6.45) is 27.2. The maximum atomic E-state index is 7.24. The van der Waals surface area contributed by atoms with Crippen molar-refractivity contribution in [2.24, 2.45) is 11.7 Å². The molecule has 2 N–H and O–H groups in total. The van der Waals surface area contributed by atoms with Gasteiger partial charge in [0.05, 0.1) is 0 Å². The van der Waals surface area contributed by atoms with Crippen LogP contribution in [0.1, 0.15) is 156 Å². The first-order chi connectivity index (χ1) is 13.1. The third-order valence-electron chi connectivity index (χ3n) is 6.62. The summed E-state index contributed by atoms with van der Waals surface area (Å²) in [6.45, 7) is 9.25. The summed E-state index contributed by atoms with van der Waals surface area (Å²) >= 11 is 0. The number of hydrogen-bond donors (Lipinski definition) is 1. The third-order valence-corrected chi connectivity index (χ3v) is 6.62. The van der Waals surface area contributed by atoms with Crippen LogP contribution in [0.3, 0.4) is 0 Å². The topological polar surface area (TPSA) is 26.0 Å². The second-order valence-corrected chi connectivity index (χ2v) is 9.25. The molecule has 0 bridgehead atoms. The summed E-state index contributed by atoms with van der Waals surface area (Å²) in [7, 11) is 0. The molecule has 0 aliphatic heterocycles. The van der Waals surface area contributed by atoms with Gasteiger partial charge in [0, 0.05) is 5.54 Å². The van der Waals surface area contributed by atoms with E-state index in [1.165, 1.54) is 128 Å². The highest BCUT2D eigenvalue weighted by atomic mass is 79.9. The molecule has 0 aromatic carbocycles. The molecule has 2 heteroatoms. The summed E-state index contributed by atoms with van der Waals surface area (Å²) in [5, 5.41) is 0. The van der Waals surface area contributed by atoms with Crippen LogP contribution >= 0.6 is 17.0 Å². The van der Waals surface area contributed by atoms with Gasteiger partial charge in [-0.3, -0.25) is 0 Å². The monoisotopic (exact) mass is 461 g/mol. The van der Waals surface area contributed by atoms with E-state index >= 15 is 0 Å². The average Bonchev–Trinajstić information content (AvgIpc) is 2.67. The number of rotatable bonds is 21. The van der Waals surface area contributed by atoms with Crippen molar-refractivity contribution in [1.29, 1.82) is 0 Å². The van der Waals surface area contributed by atoms with Crippen LogP contribution < -0.4 is 5.73 Å². The van der Waals surface area contributed by atoms with Crippen LogP contribution in [0.2, 0.25) is 0 Å². The lowest BCUT2D eigenvalue weighted by molar-refractivity contribution is 0.190. The Morgan fingerprint density at radius 3 is 1.14 bits per heavy atom. The fourth-order valence-electron chi connectivity index (χ4n) is 4.65. The molecule has 172 valence electrons. The molecule has 0 unspecified atom stereocenters. The molecule has 0 atom stereocenters. The second-order valence-electron chi connectivity index (χ2n) is 9.25. The largest absolute Gasteiger partial charge is 0.325 e. The predicted molar refractivity (Wildman–Crippen MR) is 136 cm³/mol. The molecule has 0 heterocycles. The molecule has 28 heavy (non-hydrogen) atoms. The third kappa shape index (κ3) is 16.3. The second kappa shape index (κ2) is 22.1. The number of unbranched alkanes of at least 4 members (excludes halogenated alkanes) is 12. The Bertz CT molecular complexity index is 268. The van der Waals surface area contributed by atoms with Gasteiger partial charge in [0.25, 0.3) is 0 Å². The van der Waals surface area contributed by atoms with Gasteiger partial charge < -0.3 is 5.73 Å². The van der Waals surface area contributed by atoms with Crippen LogP contribution in [0.25, 0.3) is 0 Å². The summed E-state index contributed by atoms with van der Waals surface area (Å²) in [5.74, 6) is 0.759. The maximum absolute atomic E-state index is 7.24. The van der Waals surface area contributed by atoms with Crippen molar-refractivity contribution in [3.63, 3.8) is 0 Å². The highest BCUT2D eigenvalue weighted by Crippen LogP contribution is 2.35. The molecular weight excluding hydrogens is 406 g/mol. The smallest absolute Gasteiger partial charge is 0.0182 e. The zero-order chi connectivity index (χ0) is 20.2. The lowest BCUT2D eigenvalue weighted by atomic mass is 9.72. The normalized spacial score (nSPS) is 11.8. The Labute approximate surface area is 190 Å². The van der Waals surface area contributed by atoms with E-state index in [0.29, 0.717) is 0 Å². The van der Waals surface area contributed by atoms with Gasteiger partial charge >= 0.3 is 0 Å². The molecule has 0 aromatic rings. The number of halogens is 1. The Kier molecular flexibility index (Phi) is 24.2. The van der Waals surface area contributed by atoms with Crippen molar-refractivity contribution in [1.82, 2.24) is 0 Å². The van der Waals surface area contributed by atoms with Crippen LogP contribution in [-0.2, 0) is 0 Å².